The van der Waals surface area contributed by atoms with Gasteiger partial charge in [-0.1, -0.05) is 6.42 Å². The Morgan fingerprint density at radius 2 is 1.83 bits per heavy atom. The first-order valence-electron chi connectivity index (χ1n) is 10.9. The fourth-order valence-corrected chi connectivity index (χ4v) is 5.27. The molecular weight excluding hydrogens is 406 g/mol. The van der Waals surface area contributed by atoms with Gasteiger partial charge in [-0.25, -0.2) is 18.2 Å². The summed E-state index contributed by atoms with van der Waals surface area (Å²) in [5.74, 6) is -0.00274. The number of hydrogen-bond acceptors (Lipinski definition) is 7. The fraction of sp³-hybridized carbons (Fsp3) is 0.667. The van der Waals surface area contributed by atoms with Gasteiger partial charge in [-0.3, -0.25) is 0 Å². The molecule has 2 saturated heterocycles. The van der Waals surface area contributed by atoms with Crippen LogP contribution in [-0.4, -0.2) is 58.8 Å². The molecule has 0 radical (unpaired) electrons. The highest BCUT2D eigenvalue weighted by Crippen LogP contribution is 2.38. The molecule has 0 amide bonds. The molecule has 0 atom stereocenters. The van der Waals surface area contributed by atoms with E-state index in [0.29, 0.717) is 25.4 Å². The van der Waals surface area contributed by atoms with Crippen LogP contribution in [0.1, 0.15) is 67.8 Å². The van der Waals surface area contributed by atoms with E-state index in [4.69, 9.17) is 9.47 Å². The summed E-state index contributed by atoms with van der Waals surface area (Å²) in [5, 5.41) is 5.06. The predicted molar refractivity (Wildman–Crippen MR) is 114 cm³/mol. The lowest BCUT2D eigenvalue weighted by Crippen LogP contribution is -2.45. The molecule has 8 nitrogen and oxygen atoms in total. The van der Waals surface area contributed by atoms with Crippen LogP contribution in [0.2, 0.25) is 0 Å². The Hall–Kier alpha value is -1.68. The summed E-state index contributed by atoms with van der Waals surface area (Å²) in [5.41, 5.74) is 0.941. The van der Waals surface area contributed by atoms with Crippen LogP contribution < -0.4 is 14.9 Å². The summed E-state index contributed by atoms with van der Waals surface area (Å²) in [6.07, 6.45) is 4.73. The molecule has 2 fully saturated rings. The second-order valence-corrected chi connectivity index (χ2v) is 9.37. The molecule has 168 valence electrons. The molecule has 2 aliphatic heterocycles. The van der Waals surface area contributed by atoms with Crippen molar-refractivity contribution in [2.75, 3.05) is 39.4 Å². The minimum absolute atomic E-state index is 0.0770. The average molecular weight is 440 g/mol. The van der Waals surface area contributed by atoms with Crippen molar-refractivity contribution in [3.8, 4) is 5.75 Å². The number of ether oxygens (including phenoxy) is 2. The molecule has 2 heterocycles. The number of carbonyl (C=O) groups excluding carboxylic acids is 1. The Morgan fingerprint density at radius 3 is 2.47 bits per heavy atom. The van der Waals surface area contributed by atoms with Crippen LogP contribution in [0.5, 0.6) is 5.75 Å². The van der Waals surface area contributed by atoms with Crippen LogP contribution in [-0.2, 0) is 14.8 Å². The fourth-order valence-electron chi connectivity index (χ4n) is 4.09. The number of nitrogens with zero attached hydrogens (tertiary/aromatic N) is 1. The van der Waals surface area contributed by atoms with Gasteiger partial charge in [0.25, 0.3) is 10.0 Å². The number of piperidine rings is 2. The Labute approximate surface area is 179 Å². The minimum Gasteiger partial charge on any atom is -0.493 e. The van der Waals surface area contributed by atoms with Crippen molar-refractivity contribution in [1.82, 2.24) is 15.2 Å². The van der Waals surface area contributed by atoms with Crippen molar-refractivity contribution in [2.45, 2.75) is 56.8 Å². The van der Waals surface area contributed by atoms with Gasteiger partial charge >= 0.3 is 5.97 Å². The summed E-state index contributed by atoms with van der Waals surface area (Å²) < 4.78 is 37.4. The molecule has 0 bridgehead atoms. The van der Waals surface area contributed by atoms with Gasteiger partial charge in [0, 0.05) is 13.1 Å². The molecule has 2 N–H and O–H groups in total. The van der Waals surface area contributed by atoms with E-state index < -0.39 is 16.0 Å². The molecule has 0 spiro atoms. The van der Waals surface area contributed by atoms with E-state index in [0.717, 1.165) is 50.8 Å². The lowest BCUT2D eigenvalue weighted by atomic mass is 9.88. The van der Waals surface area contributed by atoms with E-state index >= 15 is 0 Å². The van der Waals surface area contributed by atoms with Gasteiger partial charge in [-0.05, 0) is 76.2 Å². The number of esters is 1. The first-order chi connectivity index (χ1) is 14.5. The normalized spacial score (nSPS) is 18.9. The van der Waals surface area contributed by atoms with Gasteiger partial charge in [0.05, 0.1) is 18.1 Å². The average Bonchev–Trinajstić information content (AvgIpc) is 2.75. The summed E-state index contributed by atoms with van der Waals surface area (Å²) in [4.78, 5) is 15.5. The highest BCUT2D eigenvalue weighted by Gasteiger charge is 2.29. The smallest absolute Gasteiger partial charge is 0.341 e. The predicted octanol–water partition coefficient (Wildman–Crippen LogP) is 2.41. The Morgan fingerprint density at radius 1 is 1.13 bits per heavy atom. The SMILES string of the molecule is CCOC(=O)c1cc(S(=O)(=O)NN2CCCCC2)cc(C2CCNCC2)c1OCC. The minimum atomic E-state index is -3.83. The van der Waals surface area contributed by atoms with Crippen LogP contribution in [0.15, 0.2) is 17.0 Å². The first-order valence-corrected chi connectivity index (χ1v) is 12.4. The number of hydrogen-bond donors (Lipinski definition) is 2. The lowest BCUT2D eigenvalue weighted by molar-refractivity contribution is 0.0521. The first kappa shape index (κ1) is 23.0. The zero-order chi connectivity index (χ0) is 21.6. The molecular formula is C21H33N3O5S. The van der Waals surface area contributed by atoms with Crippen LogP contribution in [0.25, 0.3) is 0 Å². The van der Waals surface area contributed by atoms with Gasteiger partial charge in [0.15, 0.2) is 0 Å². The number of rotatable bonds is 8. The van der Waals surface area contributed by atoms with E-state index in [9.17, 15) is 13.2 Å². The Bertz CT molecular complexity index is 831. The van der Waals surface area contributed by atoms with Gasteiger partial charge in [-0.15, -0.1) is 4.83 Å². The molecule has 3 rings (SSSR count). The van der Waals surface area contributed by atoms with E-state index in [2.05, 4.69) is 10.1 Å². The molecule has 2 aliphatic rings. The number of hydrazine groups is 1. The number of sulfonamides is 1. The monoisotopic (exact) mass is 439 g/mol. The van der Waals surface area contributed by atoms with Crippen molar-refractivity contribution in [2.24, 2.45) is 0 Å². The van der Waals surface area contributed by atoms with Crippen LogP contribution in [0, 0.1) is 0 Å². The Balaban J connectivity index is 2.05. The second-order valence-electron chi connectivity index (χ2n) is 7.71. The summed E-state index contributed by atoms with van der Waals surface area (Å²) in [6.45, 7) is 7.21. The number of benzene rings is 1. The van der Waals surface area contributed by atoms with Crippen molar-refractivity contribution in [1.29, 1.82) is 0 Å². The summed E-state index contributed by atoms with van der Waals surface area (Å²) in [6, 6.07) is 3.07. The topological polar surface area (TPSA) is 97.0 Å². The maximum absolute atomic E-state index is 13.2. The van der Waals surface area contributed by atoms with Crippen LogP contribution in [0.3, 0.4) is 0 Å². The maximum Gasteiger partial charge on any atom is 0.341 e. The van der Waals surface area contributed by atoms with Gasteiger partial charge in [0.1, 0.15) is 11.3 Å². The third-order valence-corrected chi connectivity index (χ3v) is 6.92. The molecule has 1 aromatic carbocycles. The third-order valence-electron chi connectivity index (χ3n) is 5.57. The molecule has 0 unspecified atom stereocenters. The van der Waals surface area contributed by atoms with E-state index in [1.54, 1.807) is 18.0 Å². The summed E-state index contributed by atoms with van der Waals surface area (Å²) in [7, 11) is -3.83. The van der Waals surface area contributed by atoms with Crippen LogP contribution in [0.4, 0.5) is 0 Å². The zero-order valence-electron chi connectivity index (χ0n) is 17.9. The highest BCUT2D eigenvalue weighted by atomic mass is 32.2. The van der Waals surface area contributed by atoms with Gasteiger partial charge < -0.3 is 14.8 Å². The number of carbonyl (C=O) groups is 1. The van der Waals surface area contributed by atoms with E-state index in [1.807, 2.05) is 6.92 Å². The van der Waals surface area contributed by atoms with Crippen molar-refractivity contribution in [3.05, 3.63) is 23.3 Å². The molecule has 9 heteroatoms. The van der Waals surface area contributed by atoms with Crippen LogP contribution >= 0.6 is 0 Å². The van der Waals surface area contributed by atoms with Gasteiger partial charge in [-0.2, -0.15) is 0 Å². The van der Waals surface area contributed by atoms with Crippen molar-refractivity contribution in [3.63, 3.8) is 0 Å². The molecule has 0 saturated carbocycles. The van der Waals surface area contributed by atoms with Crippen molar-refractivity contribution < 1.29 is 22.7 Å². The molecule has 30 heavy (non-hydrogen) atoms. The molecule has 0 aliphatic carbocycles. The molecule has 0 aromatic heterocycles. The van der Waals surface area contributed by atoms with Crippen molar-refractivity contribution >= 4 is 16.0 Å². The highest BCUT2D eigenvalue weighted by molar-refractivity contribution is 7.89. The third kappa shape index (κ3) is 5.51. The van der Waals surface area contributed by atoms with E-state index in [-0.39, 0.29) is 23.0 Å². The largest absolute Gasteiger partial charge is 0.493 e. The van der Waals surface area contributed by atoms with E-state index in [1.165, 1.54) is 6.07 Å². The number of nitrogens with one attached hydrogen (secondary N) is 2. The van der Waals surface area contributed by atoms with Gasteiger partial charge in [0.2, 0.25) is 0 Å². The molecule has 1 aromatic rings. The second kappa shape index (κ2) is 10.6. The lowest BCUT2D eigenvalue weighted by Gasteiger charge is -2.28. The Kier molecular flexibility index (Phi) is 8.10. The quantitative estimate of drug-likeness (QED) is 0.601. The summed E-state index contributed by atoms with van der Waals surface area (Å²) >= 11 is 0. The standard InChI is InChI=1S/C21H33N3O5S/c1-3-28-20-18(16-8-10-22-11-9-16)14-17(15-19(20)21(25)29-4-2)30(26,27)23-24-12-6-5-7-13-24/h14-16,22-23H,3-13H2,1-2H3. The maximum atomic E-state index is 13.2. The zero-order valence-corrected chi connectivity index (χ0v) is 18.7.